The summed E-state index contributed by atoms with van der Waals surface area (Å²) in [5.41, 5.74) is 3.60. The predicted molar refractivity (Wildman–Crippen MR) is 138 cm³/mol. The molecule has 0 saturated carbocycles. The molecule has 0 unspecified atom stereocenters. The number of rotatable bonds is 7. The third-order valence-electron chi connectivity index (χ3n) is 5.67. The number of thioether (sulfide) groups is 1. The Morgan fingerprint density at radius 1 is 1.09 bits per heavy atom. The van der Waals surface area contributed by atoms with E-state index in [4.69, 9.17) is 14.1 Å². The molecule has 176 valence electrons. The number of carbonyl (C=O) groups is 1. The molecule has 0 aliphatic carbocycles. The first kappa shape index (κ1) is 22.7. The van der Waals surface area contributed by atoms with Crippen molar-refractivity contribution in [2.75, 3.05) is 18.2 Å². The van der Waals surface area contributed by atoms with E-state index < -0.39 is 0 Å². The topological polar surface area (TPSA) is 86.4 Å². The van der Waals surface area contributed by atoms with Crippen LogP contribution in [0.2, 0.25) is 0 Å². The minimum atomic E-state index is -0.296. The summed E-state index contributed by atoms with van der Waals surface area (Å²) in [5, 5.41) is 4.14. The molecule has 5 aromatic rings. The van der Waals surface area contributed by atoms with Crippen molar-refractivity contribution in [2.45, 2.75) is 18.6 Å². The third-order valence-corrected chi connectivity index (χ3v) is 6.65. The van der Waals surface area contributed by atoms with Crippen LogP contribution in [0.3, 0.4) is 0 Å². The number of nitrogens with zero attached hydrogens (tertiary/aromatic N) is 2. The van der Waals surface area contributed by atoms with Crippen molar-refractivity contribution in [1.82, 2.24) is 9.55 Å². The number of benzene rings is 3. The zero-order chi connectivity index (χ0) is 24.4. The monoisotopic (exact) mass is 485 g/mol. The number of nitrogens with one attached hydrogen (secondary N) is 1. The number of ether oxygens (including phenoxy) is 1. The Kier molecular flexibility index (Phi) is 6.29. The maximum Gasteiger partial charge on any atom is 0.298 e. The zero-order valence-corrected chi connectivity index (χ0v) is 20.1. The fraction of sp³-hybridized carbons (Fsp3) is 0.148. The molecule has 35 heavy (non-hydrogen) atoms. The maximum absolute atomic E-state index is 13.5. The Labute approximate surface area is 205 Å². The second kappa shape index (κ2) is 9.68. The molecule has 5 rings (SSSR count). The third kappa shape index (κ3) is 4.65. The molecule has 0 atom stereocenters. The Balaban J connectivity index is 1.52. The van der Waals surface area contributed by atoms with Crippen LogP contribution in [0.15, 0.2) is 87.2 Å². The summed E-state index contributed by atoms with van der Waals surface area (Å²) >= 11 is 1.22. The molecular weight excluding hydrogens is 462 g/mol. The molecule has 8 heteroatoms. The lowest BCUT2D eigenvalue weighted by Crippen LogP contribution is -2.24. The van der Waals surface area contributed by atoms with Gasteiger partial charge >= 0.3 is 0 Å². The van der Waals surface area contributed by atoms with E-state index in [9.17, 15) is 9.59 Å². The van der Waals surface area contributed by atoms with Crippen LogP contribution < -0.4 is 15.6 Å². The van der Waals surface area contributed by atoms with E-state index in [0.29, 0.717) is 22.0 Å². The van der Waals surface area contributed by atoms with E-state index in [2.05, 4.69) is 5.32 Å². The van der Waals surface area contributed by atoms with Gasteiger partial charge in [0.2, 0.25) is 11.5 Å². The van der Waals surface area contributed by atoms with Crippen LogP contribution >= 0.6 is 11.8 Å². The Bertz CT molecular complexity index is 1610. The summed E-state index contributed by atoms with van der Waals surface area (Å²) in [6.45, 7) is 2.20. The Morgan fingerprint density at radius 3 is 2.71 bits per heavy atom. The largest absolute Gasteiger partial charge is 0.497 e. The van der Waals surface area contributed by atoms with E-state index in [1.54, 1.807) is 11.7 Å². The highest BCUT2D eigenvalue weighted by molar-refractivity contribution is 7.99. The van der Waals surface area contributed by atoms with Crippen LogP contribution in [0.5, 0.6) is 5.75 Å². The van der Waals surface area contributed by atoms with Gasteiger partial charge in [-0.05, 0) is 48.4 Å². The van der Waals surface area contributed by atoms with Crippen LogP contribution in [-0.2, 0) is 11.3 Å². The van der Waals surface area contributed by atoms with Gasteiger partial charge in [-0.1, -0.05) is 54.2 Å². The molecule has 0 bridgehead atoms. The maximum atomic E-state index is 13.5. The van der Waals surface area contributed by atoms with Crippen LogP contribution in [0.4, 0.5) is 5.69 Å². The molecule has 1 amide bonds. The summed E-state index contributed by atoms with van der Waals surface area (Å²) < 4.78 is 12.7. The van der Waals surface area contributed by atoms with Crippen molar-refractivity contribution in [3.8, 4) is 5.75 Å². The summed E-state index contributed by atoms with van der Waals surface area (Å²) in [4.78, 5) is 31.0. The van der Waals surface area contributed by atoms with Crippen molar-refractivity contribution >= 4 is 45.4 Å². The molecular formula is C27H23N3O4S. The van der Waals surface area contributed by atoms with Crippen LogP contribution in [0.1, 0.15) is 11.1 Å². The van der Waals surface area contributed by atoms with Gasteiger partial charge in [0, 0.05) is 11.1 Å². The number of aromatic nitrogens is 2. The number of hydrogen-bond acceptors (Lipinski definition) is 6. The normalized spacial score (nSPS) is 11.1. The van der Waals surface area contributed by atoms with Gasteiger partial charge in [0.15, 0.2) is 5.16 Å². The zero-order valence-electron chi connectivity index (χ0n) is 19.3. The SMILES string of the molecule is COc1cccc(Cn2c(SCC(=O)Nc3ccccc3C)nc3c(oc4ccccc43)c2=O)c1. The lowest BCUT2D eigenvalue weighted by atomic mass is 10.2. The quantitative estimate of drug-likeness (QED) is 0.251. The minimum Gasteiger partial charge on any atom is -0.497 e. The number of aryl methyl sites for hydroxylation is 1. The molecule has 0 spiro atoms. The van der Waals surface area contributed by atoms with Gasteiger partial charge in [-0.25, -0.2) is 4.98 Å². The second-order valence-electron chi connectivity index (χ2n) is 8.06. The van der Waals surface area contributed by atoms with Gasteiger partial charge in [0.25, 0.3) is 5.56 Å². The molecule has 0 aliphatic heterocycles. The van der Waals surface area contributed by atoms with E-state index in [-0.39, 0.29) is 29.3 Å². The van der Waals surface area contributed by atoms with E-state index in [0.717, 1.165) is 22.2 Å². The summed E-state index contributed by atoms with van der Waals surface area (Å²) in [6.07, 6.45) is 0. The fourth-order valence-corrected chi connectivity index (χ4v) is 4.68. The first-order chi connectivity index (χ1) is 17.0. The molecule has 0 fully saturated rings. The molecule has 2 heterocycles. The Hall–Kier alpha value is -4.04. The smallest absolute Gasteiger partial charge is 0.298 e. The number of carbonyl (C=O) groups excluding carboxylic acids is 1. The number of amides is 1. The van der Waals surface area contributed by atoms with E-state index in [1.807, 2.05) is 79.7 Å². The van der Waals surface area contributed by atoms with Crippen LogP contribution in [0.25, 0.3) is 22.1 Å². The van der Waals surface area contributed by atoms with Crippen molar-refractivity contribution in [2.24, 2.45) is 0 Å². The van der Waals surface area contributed by atoms with Gasteiger partial charge in [-0.2, -0.15) is 0 Å². The average molecular weight is 486 g/mol. The van der Waals surface area contributed by atoms with Gasteiger partial charge in [-0.3, -0.25) is 14.2 Å². The van der Waals surface area contributed by atoms with Crippen molar-refractivity contribution < 1.29 is 13.9 Å². The van der Waals surface area contributed by atoms with Gasteiger partial charge in [0.05, 0.1) is 19.4 Å². The number of furan rings is 1. The standard InChI is InChI=1S/C27H23N3O4S/c1-17-8-3-5-12-21(17)28-23(31)16-35-27-29-24-20-11-4-6-13-22(20)34-25(24)26(32)30(27)15-18-9-7-10-19(14-18)33-2/h3-14H,15-16H2,1-2H3,(H,28,31). The first-order valence-corrected chi connectivity index (χ1v) is 12.1. The summed E-state index contributed by atoms with van der Waals surface area (Å²) in [5.74, 6) is 0.615. The molecule has 0 radical (unpaired) electrons. The summed E-state index contributed by atoms with van der Waals surface area (Å²) in [6, 6.07) is 22.5. The molecule has 3 aromatic carbocycles. The molecule has 0 aliphatic rings. The van der Waals surface area contributed by atoms with Gasteiger partial charge in [-0.15, -0.1) is 0 Å². The van der Waals surface area contributed by atoms with Gasteiger partial charge < -0.3 is 14.5 Å². The molecule has 0 saturated heterocycles. The highest BCUT2D eigenvalue weighted by atomic mass is 32.2. The lowest BCUT2D eigenvalue weighted by molar-refractivity contribution is -0.113. The molecule has 2 aromatic heterocycles. The minimum absolute atomic E-state index is 0.0974. The van der Waals surface area contributed by atoms with E-state index in [1.165, 1.54) is 11.8 Å². The molecule has 1 N–H and O–H groups in total. The number of anilines is 1. The number of fused-ring (bicyclic) bond motifs is 3. The van der Waals surface area contributed by atoms with Crippen LogP contribution in [-0.4, -0.2) is 28.3 Å². The number of hydrogen-bond donors (Lipinski definition) is 1. The number of para-hydroxylation sites is 2. The Morgan fingerprint density at radius 2 is 1.89 bits per heavy atom. The first-order valence-electron chi connectivity index (χ1n) is 11.1. The highest BCUT2D eigenvalue weighted by Crippen LogP contribution is 2.28. The summed E-state index contributed by atoms with van der Waals surface area (Å²) in [7, 11) is 1.60. The molecule has 7 nitrogen and oxygen atoms in total. The van der Waals surface area contributed by atoms with Crippen molar-refractivity contribution in [1.29, 1.82) is 0 Å². The van der Waals surface area contributed by atoms with Crippen molar-refractivity contribution in [3.05, 3.63) is 94.3 Å². The van der Waals surface area contributed by atoms with E-state index >= 15 is 0 Å². The average Bonchev–Trinajstić information content (AvgIpc) is 3.25. The highest BCUT2D eigenvalue weighted by Gasteiger charge is 2.19. The predicted octanol–water partition coefficient (Wildman–Crippen LogP) is 5.24. The van der Waals surface area contributed by atoms with Crippen LogP contribution in [0, 0.1) is 6.92 Å². The number of methoxy groups -OCH3 is 1. The lowest BCUT2D eigenvalue weighted by Gasteiger charge is -2.13. The van der Waals surface area contributed by atoms with Crippen molar-refractivity contribution in [3.63, 3.8) is 0 Å². The fourth-order valence-electron chi connectivity index (χ4n) is 3.89. The van der Waals surface area contributed by atoms with Gasteiger partial charge in [0.1, 0.15) is 16.8 Å². The second-order valence-corrected chi connectivity index (χ2v) is 9.01.